The lowest BCUT2D eigenvalue weighted by molar-refractivity contribution is 0.149. The van der Waals surface area contributed by atoms with Gasteiger partial charge in [-0.2, -0.15) is 0 Å². The van der Waals surface area contributed by atoms with Crippen LogP contribution in [-0.4, -0.2) is 12.2 Å². The predicted molar refractivity (Wildman–Crippen MR) is 53.3 cm³/mol. The minimum absolute atomic E-state index is 0.0303. The molecule has 0 aliphatic carbocycles. The molecule has 1 aromatic rings. The Morgan fingerprint density at radius 1 is 1.64 bits per heavy atom. The summed E-state index contributed by atoms with van der Waals surface area (Å²) in [7, 11) is 1.59. The third-order valence-electron chi connectivity index (χ3n) is 1.93. The normalized spacial score (nSPS) is 12.9. The average molecular weight is 219 g/mol. The Balaban J connectivity index is 3.16. The number of rotatable bonds is 3. The van der Waals surface area contributed by atoms with Gasteiger partial charge in [-0.15, -0.1) is 0 Å². The van der Waals surface area contributed by atoms with Gasteiger partial charge in [-0.1, -0.05) is 11.6 Å². The number of hydrogen-bond donors (Lipinski definition) is 3. The van der Waals surface area contributed by atoms with Crippen molar-refractivity contribution in [2.75, 3.05) is 7.05 Å². The van der Waals surface area contributed by atoms with Gasteiger partial charge in [0.1, 0.15) is 12.0 Å². The van der Waals surface area contributed by atoms with Crippen LogP contribution in [0.15, 0.2) is 12.1 Å². The molecule has 0 radical (unpaired) electrons. The van der Waals surface area contributed by atoms with Crippen LogP contribution in [-0.2, 0) is 6.54 Å². The molecule has 0 saturated heterocycles. The van der Waals surface area contributed by atoms with E-state index in [1.807, 2.05) is 0 Å². The van der Waals surface area contributed by atoms with E-state index in [-0.39, 0.29) is 11.6 Å². The molecule has 3 nitrogen and oxygen atoms in total. The molecule has 1 aromatic carbocycles. The number of nitrogens with one attached hydrogen (secondary N) is 1. The second kappa shape index (κ2) is 4.70. The van der Waals surface area contributed by atoms with E-state index < -0.39 is 12.0 Å². The molecule has 0 bridgehead atoms. The minimum Gasteiger partial charge on any atom is -0.374 e. The fourth-order valence-corrected chi connectivity index (χ4v) is 1.39. The highest BCUT2D eigenvalue weighted by Gasteiger charge is 2.12. The highest BCUT2D eigenvalue weighted by Crippen LogP contribution is 2.23. The van der Waals surface area contributed by atoms with Gasteiger partial charge < -0.3 is 10.8 Å². The first-order valence-corrected chi connectivity index (χ1v) is 4.51. The molecule has 4 N–H and O–H groups in total. The molecule has 1 rings (SSSR count). The Morgan fingerprint density at radius 2 is 2.29 bits per heavy atom. The Labute approximate surface area is 86.7 Å². The summed E-state index contributed by atoms with van der Waals surface area (Å²) in [5, 5.41) is 12.0. The standard InChI is InChI=1S/C9H12ClFN2O/c1-13-9(14)5-2-6(4-12)8(11)7(10)3-5/h2-3,9,13-14H,4,12H2,1H3. The van der Waals surface area contributed by atoms with Gasteiger partial charge in [0.25, 0.3) is 0 Å². The first kappa shape index (κ1) is 11.4. The zero-order chi connectivity index (χ0) is 10.7. The maximum Gasteiger partial charge on any atom is 0.146 e. The van der Waals surface area contributed by atoms with Crippen molar-refractivity contribution >= 4 is 11.6 Å². The Bertz CT molecular complexity index is 333. The average Bonchev–Trinajstić information content (AvgIpc) is 2.20. The summed E-state index contributed by atoms with van der Waals surface area (Å²) in [6.07, 6.45) is -0.863. The van der Waals surface area contributed by atoms with Crippen LogP contribution < -0.4 is 11.1 Å². The molecule has 14 heavy (non-hydrogen) atoms. The van der Waals surface area contributed by atoms with Gasteiger partial charge in [0.05, 0.1) is 5.02 Å². The fraction of sp³-hybridized carbons (Fsp3) is 0.333. The van der Waals surface area contributed by atoms with E-state index in [9.17, 15) is 9.50 Å². The summed E-state index contributed by atoms with van der Waals surface area (Å²) in [4.78, 5) is 0. The molecule has 0 spiro atoms. The molecule has 78 valence electrons. The lowest BCUT2D eigenvalue weighted by Gasteiger charge is -2.12. The summed E-state index contributed by atoms with van der Waals surface area (Å²) >= 11 is 5.63. The molecule has 0 aliphatic heterocycles. The lowest BCUT2D eigenvalue weighted by Crippen LogP contribution is -2.16. The molecule has 1 unspecified atom stereocenters. The van der Waals surface area contributed by atoms with Crippen LogP contribution >= 0.6 is 11.6 Å². The van der Waals surface area contributed by atoms with Crippen LogP contribution in [0.3, 0.4) is 0 Å². The Morgan fingerprint density at radius 3 is 2.79 bits per heavy atom. The van der Waals surface area contributed by atoms with Gasteiger partial charge in [0.15, 0.2) is 0 Å². The van der Waals surface area contributed by atoms with Crippen LogP contribution in [0.25, 0.3) is 0 Å². The lowest BCUT2D eigenvalue weighted by atomic mass is 10.1. The van der Waals surface area contributed by atoms with E-state index in [1.165, 1.54) is 12.1 Å². The molecule has 5 heteroatoms. The van der Waals surface area contributed by atoms with Crippen molar-refractivity contribution in [1.82, 2.24) is 5.32 Å². The van der Waals surface area contributed by atoms with Gasteiger partial charge in [-0.05, 0) is 24.7 Å². The van der Waals surface area contributed by atoms with Crippen molar-refractivity contribution in [2.45, 2.75) is 12.8 Å². The minimum atomic E-state index is -0.863. The van der Waals surface area contributed by atoms with Crippen LogP contribution in [0.1, 0.15) is 17.4 Å². The molecular formula is C9H12ClFN2O. The van der Waals surface area contributed by atoms with E-state index in [0.717, 1.165) is 0 Å². The number of aliphatic hydroxyl groups excluding tert-OH is 1. The number of benzene rings is 1. The molecule has 0 heterocycles. The molecule has 0 aromatic heterocycles. The van der Waals surface area contributed by atoms with Crippen LogP contribution in [0.4, 0.5) is 4.39 Å². The van der Waals surface area contributed by atoms with E-state index in [0.29, 0.717) is 11.1 Å². The van der Waals surface area contributed by atoms with Crippen molar-refractivity contribution in [1.29, 1.82) is 0 Å². The van der Waals surface area contributed by atoms with E-state index in [4.69, 9.17) is 17.3 Å². The first-order valence-electron chi connectivity index (χ1n) is 4.13. The van der Waals surface area contributed by atoms with E-state index in [2.05, 4.69) is 5.32 Å². The molecule has 0 fully saturated rings. The smallest absolute Gasteiger partial charge is 0.146 e. The van der Waals surface area contributed by atoms with Crippen molar-refractivity contribution in [3.05, 3.63) is 34.1 Å². The van der Waals surface area contributed by atoms with Crippen LogP contribution in [0.2, 0.25) is 5.02 Å². The topological polar surface area (TPSA) is 58.3 Å². The van der Waals surface area contributed by atoms with Gasteiger partial charge in [-0.3, -0.25) is 5.32 Å². The van der Waals surface area contributed by atoms with Crippen molar-refractivity contribution in [3.63, 3.8) is 0 Å². The van der Waals surface area contributed by atoms with Gasteiger partial charge in [0.2, 0.25) is 0 Å². The zero-order valence-corrected chi connectivity index (χ0v) is 8.48. The van der Waals surface area contributed by atoms with Crippen molar-refractivity contribution in [2.24, 2.45) is 5.73 Å². The monoisotopic (exact) mass is 218 g/mol. The van der Waals surface area contributed by atoms with Gasteiger partial charge >= 0.3 is 0 Å². The molecule has 0 amide bonds. The third-order valence-corrected chi connectivity index (χ3v) is 2.21. The highest BCUT2D eigenvalue weighted by atomic mass is 35.5. The van der Waals surface area contributed by atoms with Crippen LogP contribution in [0, 0.1) is 5.82 Å². The summed E-state index contributed by atoms with van der Waals surface area (Å²) < 4.78 is 13.2. The Hall–Kier alpha value is -0.680. The van der Waals surface area contributed by atoms with Crippen molar-refractivity contribution in [3.8, 4) is 0 Å². The first-order chi connectivity index (χ1) is 6.60. The summed E-state index contributed by atoms with van der Waals surface area (Å²) in [6.45, 7) is 0.0514. The van der Waals surface area contributed by atoms with Gasteiger partial charge in [-0.25, -0.2) is 4.39 Å². The second-order valence-corrected chi connectivity index (χ2v) is 3.28. The van der Waals surface area contributed by atoms with E-state index in [1.54, 1.807) is 7.05 Å². The van der Waals surface area contributed by atoms with Crippen LogP contribution in [0.5, 0.6) is 0 Å². The van der Waals surface area contributed by atoms with Gasteiger partial charge in [0, 0.05) is 12.1 Å². The highest BCUT2D eigenvalue weighted by molar-refractivity contribution is 6.30. The van der Waals surface area contributed by atoms with E-state index >= 15 is 0 Å². The fourth-order valence-electron chi connectivity index (χ4n) is 1.14. The maximum absolute atomic E-state index is 13.2. The molecule has 1 atom stereocenters. The zero-order valence-electron chi connectivity index (χ0n) is 7.72. The number of aliphatic hydroxyl groups is 1. The summed E-state index contributed by atoms with van der Waals surface area (Å²) in [5.41, 5.74) is 6.12. The molecule has 0 aliphatic rings. The van der Waals surface area contributed by atoms with Crippen molar-refractivity contribution < 1.29 is 9.50 Å². The third kappa shape index (κ3) is 2.22. The quantitative estimate of drug-likeness (QED) is 0.667. The molecule has 0 saturated carbocycles. The summed E-state index contributed by atoms with van der Waals surface area (Å²) in [6, 6.07) is 2.86. The second-order valence-electron chi connectivity index (χ2n) is 2.87. The maximum atomic E-state index is 13.2. The number of halogens is 2. The molecular weight excluding hydrogens is 207 g/mol. The predicted octanol–water partition coefficient (Wildman–Crippen LogP) is 1.15. The SMILES string of the molecule is CNC(O)c1cc(Cl)c(F)c(CN)c1. The largest absolute Gasteiger partial charge is 0.374 e. The number of nitrogens with two attached hydrogens (primary N) is 1. The Kier molecular flexibility index (Phi) is 3.83. The number of hydrogen-bond acceptors (Lipinski definition) is 3. The summed E-state index contributed by atoms with van der Waals surface area (Å²) in [5.74, 6) is -0.527.